The van der Waals surface area contributed by atoms with Crippen molar-refractivity contribution in [3.63, 3.8) is 0 Å². The number of nitrogens with one attached hydrogen (secondary N) is 2. The van der Waals surface area contributed by atoms with Crippen LogP contribution in [-0.2, 0) is 11.2 Å². The lowest BCUT2D eigenvalue weighted by molar-refractivity contribution is -0.127. The molecule has 1 heterocycles. The fraction of sp³-hybridized carbons (Fsp3) is 0.643. The minimum absolute atomic E-state index is 0. The molecule has 0 atom stereocenters. The van der Waals surface area contributed by atoms with Gasteiger partial charge < -0.3 is 16.4 Å². The average molecular weight is 347 g/mol. The van der Waals surface area contributed by atoms with Crippen molar-refractivity contribution >= 4 is 35.6 Å². The molecule has 1 fully saturated rings. The Morgan fingerprint density at radius 2 is 2.05 bits per heavy atom. The van der Waals surface area contributed by atoms with Crippen LogP contribution in [0, 0.1) is 5.92 Å². The van der Waals surface area contributed by atoms with E-state index in [2.05, 4.69) is 15.6 Å². The van der Waals surface area contributed by atoms with Gasteiger partial charge in [-0.1, -0.05) is 6.42 Å². The maximum absolute atomic E-state index is 11.8. The second kappa shape index (κ2) is 9.76. The highest BCUT2D eigenvalue weighted by atomic mass is 35.5. The van der Waals surface area contributed by atoms with Crippen LogP contribution in [0.1, 0.15) is 41.2 Å². The van der Waals surface area contributed by atoms with Gasteiger partial charge in [0.25, 0.3) is 5.91 Å². The minimum atomic E-state index is -0.167. The van der Waals surface area contributed by atoms with Crippen molar-refractivity contribution in [2.45, 2.75) is 32.1 Å². The van der Waals surface area contributed by atoms with Crippen molar-refractivity contribution in [1.82, 2.24) is 15.6 Å². The van der Waals surface area contributed by atoms with Crippen molar-refractivity contribution < 1.29 is 9.59 Å². The Balaban J connectivity index is 0.00000242. The average Bonchev–Trinajstić information content (AvgIpc) is 2.85. The first-order valence-corrected chi connectivity index (χ1v) is 8.29. The molecular weight excluding hydrogens is 324 g/mol. The molecule has 0 saturated heterocycles. The van der Waals surface area contributed by atoms with Gasteiger partial charge in [0.1, 0.15) is 5.69 Å². The van der Waals surface area contributed by atoms with E-state index in [4.69, 9.17) is 5.73 Å². The standard InChI is InChI=1S/C14H22N4O2S.ClH/c15-6-5-12-18-11(9-21-12)14(20)17-8-2-7-16-13(19)10-3-1-4-10;/h9-10H,1-8,15H2,(H,16,19)(H,17,20);1H. The summed E-state index contributed by atoms with van der Waals surface area (Å²) in [5, 5.41) is 8.34. The third-order valence-electron chi connectivity index (χ3n) is 3.56. The number of aromatic nitrogens is 1. The highest BCUT2D eigenvalue weighted by molar-refractivity contribution is 7.09. The monoisotopic (exact) mass is 346 g/mol. The van der Waals surface area contributed by atoms with E-state index in [9.17, 15) is 9.59 Å². The Morgan fingerprint density at radius 1 is 1.32 bits per heavy atom. The second-order valence-electron chi connectivity index (χ2n) is 5.19. The van der Waals surface area contributed by atoms with Gasteiger partial charge in [-0.15, -0.1) is 23.7 Å². The first-order valence-electron chi connectivity index (χ1n) is 7.41. The highest BCUT2D eigenvalue weighted by Crippen LogP contribution is 2.25. The van der Waals surface area contributed by atoms with Crippen molar-refractivity contribution in [2.24, 2.45) is 11.7 Å². The lowest BCUT2D eigenvalue weighted by atomic mass is 9.85. The predicted molar refractivity (Wildman–Crippen MR) is 89.4 cm³/mol. The van der Waals surface area contributed by atoms with Gasteiger partial charge in [0.05, 0.1) is 5.01 Å². The topological polar surface area (TPSA) is 97.1 Å². The van der Waals surface area contributed by atoms with E-state index >= 15 is 0 Å². The molecule has 0 radical (unpaired) electrons. The Labute approximate surface area is 140 Å². The number of rotatable bonds is 8. The molecule has 2 rings (SSSR count). The molecule has 1 aromatic rings. The van der Waals surface area contributed by atoms with Crippen molar-refractivity contribution in [1.29, 1.82) is 0 Å². The van der Waals surface area contributed by atoms with E-state index in [1.165, 1.54) is 11.3 Å². The molecule has 1 aliphatic carbocycles. The third-order valence-corrected chi connectivity index (χ3v) is 4.47. The lowest BCUT2D eigenvalue weighted by Gasteiger charge is -2.23. The zero-order valence-corrected chi connectivity index (χ0v) is 14.1. The Hall–Kier alpha value is -1.18. The summed E-state index contributed by atoms with van der Waals surface area (Å²) >= 11 is 1.45. The van der Waals surface area contributed by atoms with Crippen LogP contribution in [0.15, 0.2) is 5.38 Å². The van der Waals surface area contributed by atoms with Gasteiger partial charge in [-0.2, -0.15) is 0 Å². The number of carbonyl (C=O) groups excluding carboxylic acids is 2. The van der Waals surface area contributed by atoms with Crippen LogP contribution >= 0.6 is 23.7 Å². The first kappa shape index (κ1) is 18.9. The summed E-state index contributed by atoms with van der Waals surface area (Å²) in [6, 6.07) is 0. The summed E-state index contributed by atoms with van der Waals surface area (Å²) in [6.45, 7) is 1.67. The highest BCUT2D eigenvalue weighted by Gasteiger charge is 2.24. The molecule has 1 aromatic heterocycles. The summed E-state index contributed by atoms with van der Waals surface area (Å²) in [5.74, 6) is 0.203. The molecule has 1 aliphatic rings. The van der Waals surface area contributed by atoms with Crippen molar-refractivity contribution in [2.75, 3.05) is 19.6 Å². The molecule has 4 N–H and O–H groups in total. The normalized spacial score (nSPS) is 13.9. The molecule has 1 saturated carbocycles. The maximum Gasteiger partial charge on any atom is 0.270 e. The van der Waals surface area contributed by atoms with Crippen molar-refractivity contribution in [3.05, 3.63) is 16.1 Å². The van der Waals surface area contributed by atoms with E-state index in [-0.39, 0.29) is 30.1 Å². The van der Waals surface area contributed by atoms with E-state index in [1.54, 1.807) is 5.38 Å². The van der Waals surface area contributed by atoms with Crippen LogP contribution < -0.4 is 16.4 Å². The molecule has 0 spiro atoms. The first-order chi connectivity index (χ1) is 10.2. The Bertz CT molecular complexity index is 491. The van der Waals surface area contributed by atoms with Gasteiger partial charge in [-0.05, 0) is 25.8 Å². The van der Waals surface area contributed by atoms with Gasteiger partial charge in [0.2, 0.25) is 5.91 Å². The number of nitrogens with zero attached hydrogens (tertiary/aromatic N) is 1. The fourth-order valence-corrected chi connectivity index (χ4v) is 2.85. The smallest absolute Gasteiger partial charge is 0.270 e. The van der Waals surface area contributed by atoms with Crippen LogP contribution in [0.4, 0.5) is 0 Å². The SMILES string of the molecule is Cl.NCCc1nc(C(=O)NCCCNC(=O)C2CCC2)cs1. The Morgan fingerprint density at radius 3 is 2.68 bits per heavy atom. The van der Waals surface area contributed by atoms with Gasteiger partial charge in [0, 0.05) is 30.8 Å². The van der Waals surface area contributed by atoms with E-state index in [0.29, 0.717) is 31.7 Å². The van der Waals surface area contributed by atoms with E-state index in [0.717, 1.165) is 30.7 Å². The third kappa shape index (κ3) is 5.55. The molecule has 6 nitrogen and oxygen atoms in total. The number of hydrogen-bond acceptors (Lipinski definition) is 5. The second-order valence-corrected chi connectivity index (χ2v) is 6.14. The number of halogens is 1. The molecule has 0 bridgehead atoms. The van der Waals surface area contributed by atoms with Gasteiger partial charge in [-0.3, -0.25) is 9.59 Å². The predicted octanol–water partition coefficient (Wildman–Crippen LogP) is 1.10. The fourth-order valence-electron chi connectivity index (χ4n) is 2.06. The van der Waals surface area contributed by atoms with Crippen LogP contribution in [0.5, 0.6) is 0 Å². The molecule has 0 aliphatic heterocycles. The zero-order valence-electron chi connectivity index (χ0n) is 12.5. The number of hydrogen-bond donors (Lipinski definition) is 3. The van der Waals surface area contributed by atoms with Crippen LogP contribution in [-0.4, -0.2) is 36.4 Å². The van der Waals surface area contributed by atoms with Crippen molar-refractivity contribution in [3.8, 4) is 0 Å². The number of carbonyl (C=O) groups is 2. The van der Waals surface area contributed by atoms with Gasteiger partial charge in [0.15, 0.2) is 0 Å². The molecule has 8 heteroatoms. The van der Waals surface area contributed by atoms with Gasteiger partial charge >= 0.3 is 0 Å². The molecule has 0 unspecified atom stereocenters. The molecule has 0 aromatic carbocycles. The molecule has 2 amide bonds. The number of amides is 2. The molecular formula is C14H23ClN4O2S. The quantitative estimate of drug-likeness (QED) is 0.614. The number of nitrogens with two attached hydrogens (primary N) is 1. The lowest BCUT2D eigenvalue weighted by Crippen LogP contribution is -2.36. The summed E-state index contributed by atoms with van der Waals surface area (Å²) in [5.41, 5.74) is 5.90. The number of thiazole rings is 1. The molecule has 22 heavy (non-hydrogen) atoms. The minimum Gasteiger partial charge on any atom is -0.356 e. The summed E-state index contributed by atoms with van der Waals surface area (Å²) in [6.07, 6.45) is 4.61. The zero-order chi connectivity index (χ0) is 15.1. The maximum atomic E-state index is 11.8. The Kier molecular flexibility index (Phi) is 8.37. The summed E-state index contributed by atoms with van der Waals surface area (Å²) < 4.78 is 0. The van der Waals surface area contributed by atoms with Crippen LogP contribution in [0.25, 0.3) is 0 Å². The molecule has 124 valence electrons. The largest absolute Gasteiger partial charge is 0.356 e. The van der Waals surface area contributed by atoms with E-state index in [1.807, 2.05) is 0 Å². The summed E-state index contributed by atoms with van der Waals surface area (Å²) in [7, 11) is 0. The van der Waals surface area contributed by atoms with E-state index < -0.39 is 0 Å². The van der Waals surface area contributed by atoms with Crippen LogP contribution in [0.2, 0.25) is 0 Å². The summed E-state index contributed by atoms with van der Waals surface area (Å²) in [4.78, 5) is 27.7. The van der Waals surface area contributed by atoms with Crippen LogP contribution in [0.3, 0.4) is 0 Å². The van der Waals surface area contributed by atoms with Gasteiger partial charge in [-0.25, -0.2) is 4.98 Å².